The van der Waals surface area contributed by atoms with E-state index in [-0.39, 0.29) is 11.8 Å². The number of para-hydroxylation sites is 1. The van der Waals surface area contributed by atoms with Gasteiger partial charge in [0.25, 0.3) is 0 Å². The third kappa shape index (κ3) is 3.82. The van der Waals surface area contributed by atoms with E-state index < -0.39 is 0 Å². The molecule has 1 N–H and O–H groups in total. The van der Waals surface area contributed by atoms with Crippen molar-refractivity contribution < 1.29 is 9.59 Å². The quantitative estimate of drug-likeness (QED) is 0.908. The number of amides is 2. The van der Waals surface area contributed by atoms with Gasteiger partial charge in [-0.15, -0.1) is 0 Å². The van der Waals surface area contributed by atoms with Crippen molar-refractivity contribution in [2.45, 2.75) is 19.8 Å². The second-order valence-electron chi connectivity index (χ2n) is 6.41. The maximum absolute atomic E-state index is 12.4. The lowest BCUT2D eigenvalue weighted by Gasteiger charge is -2.39. The van der Waals surface area contributed by atoms with Crippen molar-refractivity contribution in [3.05, 3.63) is 47.8 Å². The van der Waals surface area contributed by atoms with Crippen LogP contribution >= 0.6 is 0 Å². The molecule has 0 unspecified atom stereocenters. The fraction of sp³-hybridized carbons (Fsp3) is 0.389. The first-order valence-electron chi connectivity index (χ1n) is 8.12. The van der Waals surface area contributed by atoms with Gasteiger partial charge in [0.05, 0.1) is 12.6 Å². The van der Waals surface area contributed by atoms with Gasteiger partial charge in [0.2, 0.25) is 11.8 Å². The third-order valence-corrected chi connectivity index (χ3v) is 4.26. The van der Waals surface area contributed by atoms with Crippen LogP contribution in [0, 0.1) is 5.92 Å². The maximum Gasteiger partial charge on any atom is 0.227 e. The minimum atomic E-state index is -0.129. The normalized spacial score (nSPS) is 14.3. The van der Waals surface area contributed by atoms with E-state index in [1.54, 1.807) is 4.68 Å². The Hall–Kier alpha value is -2.63. The molecule has 2 aromatic rings. The number of carbonyl (C=O) groups is 2. The zero-order valence-electron chi connectivity index (χ0n) is 14.0. The molecule has 0 bridgehead atoms. The van der Waals surface area contributed by atoms with Crippen LogP contribution in [0.15, 0.2) is 36.7 Å². The highest BCUT2D eigenvalue weighted by atomic mass is 16.2. The van der Waals surface area contributed by atoms with Gasteiger partial charge < -0.3 is 10.2 Å². The van der Waals surface area contributed by atoms with Gasteiger partial charge in [-0.3, -0.25) is 14.3 Å². The lowest BCUT2D eigenvalue weighted by atomic mass is 9.93. The molecule has 24 heavy (non-hydrogen) atoms. The summed E-state index contributed by atoms with van der Waals surface area (Å²) >= 11 is 0. The highest BCUT2D eigenvalue weighted by Crippen LogP contribution is 2.23. The fourth-order valence-corrected chi connectivity index (χ4v) is 3.07. The fourth-order valence-electron chi connectivity index (χ4n) is 3.07. The molecular formula is C18H22N4O2. The van der Waals surface area contributed by atoms with E-state index >= 15 is 0 Å². The van der Waals surface area contributed by atoms with Crippen molar-refractivity contribution in [3.63, 3.8) is 0 Å². The molecule has 2 heterocycles. The van der Waals surface area contributed by atoms with Gasteiger partial charge in [0.1, 0.15) is 0 Å². The van der Waals surface area contributed by atoms with E-state index in [1.165, 1.54) is 12.5 Å². The Labute approximate surface area is 141 Å². The number of rotatable bonds is 5. The van der Waals surface area contributed by atoms with Crippen LogP contribution in [0.4, 0.5) is 5.69 Å². The molecule has 0 spiro atoms. The van der Waals surface area contributed by atoms with Gasteiger partial charge in [-0.05, 0) is 29.5 Å². The van der Waals surface area contributed by atoms with E-state index in [0.717, 1.165) is 25.1 Å². The first kappa shape index (κ1) is 16.2. The van der Waals surface area contributed by atoms with Gasteiger partial charge in [-0.2, -0.15) is 5.10 Å². The highest BCUT2D eigenvalue weighted by Gasteiger charge is 2.30. The summed E-state index contributed by atoms with van der Waals surface area (Å²) in [6, 6.07) is 7.45. The van der Waals surface area contributed by atoms with Crippen LogP contribution in [0.2, 0.25) is 0 Å². The van der Waals surface area contributed by atoms with E-state index in [4.69, 9.17) is 0 Å². The zero-order chi connectivity index (χ0) is 17.1. The summed E-state index contributed by atoms with van der Waals surface area (Å²) in [6.45, 7) is 3.04. The summed E-state index contributed by atoms with van der Waals surface area (Å²) in [6.07, 6.45) is 5.18. The zero-order valence-corrected chi connectivity index (χ0v) is 14.0. The maximum atomic E-state index is 12.4. The molecule has 1 aromatic heterocycles. The van der Waals surface area contributed by atoms with E-state index in [0.29, 0.717) is 18.0 Å². The largest absolute Gasteiger partial charge is 0.342 e. The van der Waals surface area contributed by atoms with Gasteiger partial charge >= 0.3 is 0 Å². The number of anilines is 1. The molecule has 0 atom stereocenters. The molecule has 1 fully saturated rings. The Balaban J connectivity index is 1.53. The Morgan fingerprint density at radius 2 is 2.04 bits per heavy atom. The van der Waals surface area contributed by atoms with Crippen molar-refractivity contribution >= 4 is 17.5 Å². The molecule has 0 radical (unpaired) electrons. The monoisotopic (exact) mass is 326 g/mol. The van der Waals surface area contributed by atoms with Gasteiger partial charge in [0.15, 0.2) is 0 Å². The number of aromatic nitrogens is 2. The average molecular weight is 326 g/mol. The summed E-state index contributed by atoms with van der Waals surface area (Å²) in [7, 11) is 1.91. The van der Waals surface area contributed by atoms with Gasteiger partial charge in [-0.1, -0.05) is 18.2 Å². The molecule has 3 rings (SSSR count). The number of nitrogens with zero attached hydrogens (tertiary/aromatic N) is 3. The van der Waals surface area contributed by atoms with Crippen molar-refractivity contribution in [1.29, 1.82) is 0 Å². The molecule has 1 aliphatic rings. The minimum absolute atomic E-state index is 0.107. The van der Waals surface area contributed by atoms with Crippen molar-refractivity contribution in [2.24, 2.45) is 13.0 Å². The molecule has 6 nitrogen and oxygen atoms in total. The number of hydrogen-bond donors (Lipinski definition) is 1. The Morgan fingerprint density at radius 1 is 1.29 bits per heavy atom. The van der Waals surface area contributed by atoms with Crippen LogP contribution in [0.3, 0.4) is 0 Å². The summed E-state index contributed by atoms with van der Waals surface area (Å²) in [4.78, 5) is 25.6. The SMILES string of the molecule is CC(=O)Nc1ccccc1CC(=O)N1CC(Cc2cnn(C)c2)C1. The molecule has 126 valence electrons. The Kier molecular flexibility index (Phi) is 4.64. The molecule has 0 saturated carbocycles. The predicted molar refractivity (Wildman–Crippen MR) is 91.4 cm³/mol. The molecule has 6 heteroatoms. The molecule has 1 aliphatic heterocycles. The van der Waals surface area contributed by atoms with Crippen molar-refractivity contribution in [2.75, 3.05) is 18.4 Å². The van der Waals surface area contributed by atoms with Crippen LogP contribution in [-0.2, 0) is 29.5 Å². The van der Waals surface area contributed by atoms with Crippen LogP contribution < -0.4 is 5.32 Å². The van der Waals surface area contributed by atoms with Gasteiger partial charge in [-0.25, -0.2) is 0 Å². The van der Waals surface area contributed by atoms with Crippen LogP contribution in [-0.4, -0.2) is 39.6 Å². The first-order chi connectivity index (χ1) is 11.5. The lowest BCUT2D eigenvalue weighted by Crippen LogP contribution is -2.51. The number of nitrogens with one attached hydrogen (secondary N) is 1. The molecular weight excluding hydrogens is 304 g/mol. The lowest BCUT2D eigenvalue weighted by molar-refractivity contribution is -0.136. The minimum Gasteiger partial charge on any atom is -0.342 e. The van der Waals surface area contributed by atoms with E-state index in [9.17, 15) is 9.59 Å². The molecule has 1 aromatic carbocycles. The highest BCUT2D eigenvalue weighted by molar-refractivity contribution is 5.91. The Morgan fingerprint density at radius 3 is 2.71 bits per heavy atom. The van der Waals surface area contributed by atoms with E-state index in [2.05, 4.69) is 10.4 Å². The number of hydrogen-bond acceptors (Lipinski definition) is 3. The number of benzene rings is 1. The smallest absolute Gasteiger partial charge is 0.227 e. The number of likely N-dealkylation sites (tertiary alicyclic amines) is 1. The summed E-state index contributed by atoms with van der Waals surface area (Å²) < 4.78 is 1.80. The summed E-state index contributed by atoms with van der Waals surface area (Å²) in [5.74, 6) is 0.481. The van der Waals surface area contributed by atoms with Crippen LogP contribution in [0.5, 0.6) is 0 Å². The number of aryl methyl sites for hydroxylation is 1. The topological polar surface area (TPSA) is 67.2 Å². The summed E-state index contributed by atoms with van der Waals surface area (Å²) in [5.41, 5.74) is 2.78. The van der Waals surface area contributed by atoms with Crippen molar-refractivity contribution in [1.82, 2.24) is 14.7 Å². The second-order valence-corrected chi connectivity index (χ2v) is 6.41. The van der Waals surface area contributed by atoms with Crippen LogP contribution in [0.25, 0.3) is 0 Å². The molecule has 1 saturated heterocycles. The third-order valence-electron chi connectivity index (χ3n) is 4.26. The average Bonchev–Trinajstić information content (AvgIpc) is 2.89. The first-order valence-corrected chi connectivity index (χ1v) is 8.12. The standard InChI is InChI=1S/C18H22N4O2/c1-13(23)20-17-6-4-3-5-16(17)8-18(24)22-11-15(12-22)7-14-9-19-21(2)10-14/h3-6,9-10,15H,7-8,11-12H2,1-2H3,(H,20,23). The molecule has 2 amide bonds. The molecule has 0 aliphatic carbocycles. The Bertz CT molecular complexity index is 747. The van der Waals surface area contributed by atoms with Crippen molar-refractivity contribution in [3.8, 4) is 0 Å². The van der Waals surface area contributed by atoms with Gasteiger partial charge in [0, 0.05) is 38.9 Å². The summed E-state index contributed by atoms with van der Waals surface area (Å²) in [5, 5.41) is 6.95. The van der Waals surface area contributed by atoms with E-state index in [1.807, 2.05) is 48.6 Å². The van der Waals surface area contributed by atoms with Crippen LogP contribution in [0.1, 0.15) is 18.1 Å². The second kappa shape index (κ2) is 6.86. The number of carbonyl (C=O) groups excluding carboxylic acids is 2. The predicted octanol–water partition coefficient (Wildman–Crippen LogP) is 1.62.